The maximum absolute atomic E-state index is 12.9. The number of aromatic hydroxyl groups is 5. The number of thiazole rings is 5. The molecule has 12 aromatic carbocycles. The minimum atomic E-state index is -0.452. The third kappa shape index (κ3) is 18.6. The van der Waals surface area contributed by atoms with Gasteiger partial charge in [-0.05, 0) is 168 Å². The summed E-state index contributed by atoms with van der Waals surface area (Å²) in [6.45, 7) is 4.25. The van der Waals surface area contributed by atoms with Crippen molar-refractivity contribution in [1.29, 1.82) is 0 Å². The molecule has 11 nitrogen and oxygen atoms in total. The number of para-hydroxylation sites is 4. The van der Waals surface area contributed by atoms with Crippen molar-refractivity contribution >= 4 is 129 Å². The standard InChI is InChI=1S/C18H19NOS.2C17H11NOS.C14H11NO2S.C13H8FNOS.5Zn/c1-3-4-5-13-7-8-14(16(20)11-13)18-19-15-10-12(2)6-9-17(15)21-18;19-15-10-12-6-2-1-5-11(12)9-13(15)17-18-14-7-3-4-8-16(14)20-17;19-14-10-9-11-5-1-2-6-12(11)16(14)17-18-13-7-3-4-8-15(13)20-17;1-17-9-6-7-10(12(16)8-9)14-15-11-4-2-3-5-13(11)18-14;14-8-5-6-9(11(16)7-8)13-15-10-3-1-2-4-12(10)17-13;;;;;/h6-11,20H,3-5H2,1-2H3;2*1-10,19H;2-8,16H,1H3;1-7,16H;;;;;. The zero-order chi connectivity index (χ0) is 66.2. The molecule has 0 radical (unpaired) electrons. The Labute approximate surface area is 666 Å². The first-order chi connectivity index (χ1) is 46.8. The van der Waals surface area contributed by atoms with Crippen LogP contribution in [0.2, 0.25) is 0 Å². The van der Waals surface area contributed by atoms with Gasteiger partial charge >= 0.3 is 0 Å². The number of ether oxygens (including phenoxy) is 1. The first-order valence-electron chi connectivity index (χ1n) is 30.7. The van der Waals surface area contributed by atoms with Gasteiger partial charge in [0.05, 0.1) is 86.0 Å². The van der Waals surface area contributed by atoms with E-state index in [2.05, 4.69) is 75.2 Å². The van der Waals surface area contributed by atoms with Gasteiger partial charge in [-0.15, -0.1) is 56.7 Å². The average Bonchev–Trinajstić information content (AvgIpc) is 1.78. The normalized spacial score (nSPS) is 10.5. The second kappa shape index (κ2) is 36.6. The van der Waals surface area contributed by atoms with E-state index in [1.807, 2.05) is 170 Å². The van der Waals surface area contributed by atoms with Gasteiger partial charge in [-0.1, -0.05) is 129 Å². The number of benzene rings is 12. The first-order valence-corrected chi connectivity index (χ1v) is 34.8. The van der Waals surface area contributed by atoms with Crippen LogP contribution in [0.5, 0.6) is 34.5 Å². The second-order valence-electron chi connectivity index (χ2n) is 22.3. The minimum absolute atomic E-state index is 0. The van der Waals surface area contributed by atoms with Gasteiger partial charge in [-0.2, -0.15) is 0 Å². The molecular formula is C79H60FN5O6S5Zn5. The molecule has 5 heterocycles. The predicted octanol–water partition coefficient (Wildman–Crippen LogP) is 22.4. The largest absolute Gasteiger partial charge is 0.507 e. The Kier molecular flexibility index (Phi) is 28.6. The van der Waals surface area contributed by atoms with Crippen LogP contribution in [0.15, 0.2) is 243 Å². The molecule has 0 amide bonds. The number of halogens is 1. The second-order valence-corrected chi connectivity index (χ2v) is 27.5. The molecule has 0 unspecified atom stereocenters. The van der Waals surface area contributed by atoms with Crippen LogP contribution in [-0.4, -0.2) is 57.6 Å². The van der Waals surface area contributed by atoms with Crippen molar-refractivity contribution in [2.24, 2.45) is 0 Å². The number of phenolic OH excluding ortho intramolecular Hbond substituents is 5. The number of aryl methyl sites for hydroxylation is 2. The molecule has 17 aromatic rings. The van der Waals surface area contributed by atoms with E-state index in [1.54, 1.807) is 76.7 Å². The zero-order valence-corrected chi connectivity index (χ0v) is 74.5. The van der Waals surface area contributed by atoms with Gasteiger partial charge in [0.15, 0.2) is 0 Å². The van der Waals surface area contributed by atoms with Gasteiger partial charge in [0.1, 0.15) is 65.4 Å². The molecule has 17 rings (SSSR count). The summed E-state index contributed by atoms with van der Waals surface area (Å²) in [4.78, 5) is 22.8. The van der Waals surface area contributed by atoms with Crippen molar-refractivity contribution in [3.8, 4) is 87.4 Å². The number of aromatic nitrogens is 5. The molecule has 0 aliphatic rings. The molecule has 0 saturated carbocycles. The monoisotopic (exact) mass is 1670 g/mol. The topological polar surface area (TPSA) is 175 Å². The number of unbranched alkanes of at least 4 members (excludes halogenated alkanes) is 1. The fourth-order valence-corrected chi connectivity index (χ4v) is 15.8. The van der Waals surface area contributed by atoms with Gasteiger partial charge in [-0.3, -0.25) is 0 Å². The molecule has 101 heavy (non-hydrogen) atoms. The molecule has 0 aliphatic heterocycles. The number of phenols is 5. The van der Waals surface area contributed by atoms with Crippen LogP contribution in [-0.2, 0) is 104 Å². The zero-order valence-electron chi connectivity index (χ0n) is 55.6. The fourth-order valence-electron chi connectivity index (χ4n) is 10.8. The van der Waals surface area contributed by atoms with E-state index in [-0.39, 0.29) is 120 Å². The molecule has 0 aliphatic carbocycles. The maximum atomic E-state index is 12.9. The summed E-state index contributed by atoms with van der Waals surface area (Å²) in [7, 11) is 1.58. The number of hydrogen-bond acceptors (Lipinski definition) is 16. The molecule has 0 spiro atoms. The van der Waals surface area contributed by atoms with Crippen LogP contribution in [0.3, 0.4) is 0 Å². The molecule has 22 heteroatoms. The molecule has 0 saturated heterocycles. The van der Waals surface area contributed by atoms with Crippen LogP contribution in [0.4, 0.5) is 4.39 Å². The molecular weight excluding hydrogens is 1620 g/mol. The fraction of sp³-hybridized carbons (Fsp3) is 0.0759. The average molecular weight is 1680 g/mol. The SMILES string of the molecule is CCCCc1ccc(-c2nc3cc(C)ccc3s2)c(O)c1.COc1ccc(-c2nc3ccccc3s2)c(O)c1.Oc1cc(F)ccc1-c1nc2ccccc2s1.Oc1cc2ccccc2cc1-c1nc2ccccc2s1.Oc1ccc2ccccc2c1-c1nc2ccccc2s1.[Zn].[Zn].[Zn].[Zn].[Zn]. The van der Waals surface area contributed by atoms with E-state index in [1.165, 1.54) is 35.0 Å². The summed E-state index contributed by atoms with van der Waals surface area (Å²) in [5.41, 5.74) is 10.9. The van der Waals surface area contributed by atoms with Crippen LogP contribution in [0.25, 0.3) is 125 Å². The first kappa shape index (κ1) is 79.2. The minimum Gasteiger partial charge on any atom is -0.507 e. The van der Waals surface area contributed by atoms with E-state index in [9.17, 15) is 29.9 Å². The number of methoxy groups -OCH3 is 1. The van der Waals surface area contributed by atoms with Crippen molar-refractivity contribution in [3.05, 3.63) is 260 Å². The van der Waals surface area contributed by atoms with Gasteiger partial charge in [0.2, 0.25) is 0 Å². The summed E-state index contributed by atoms with van der Waals surface area (Å²) in [6.07, 6.45) is 3.34. The Balaban J connectivity index is 0.000000159. The summed E-state index contributed by atoms with van der Waals surface area (Å²) < 4.78 is 23.5. The summed E-state index contributed by atoms with van der Waals surface area (Å²) >= 11 is 7.88. The van der Waals surface area contributed by atoms with Crippen LogP contribution in [0, 0.1) is 12.7 Å². The Morgan fingerprint density at radius 1 is 0.356 bits per heavy atom. The van der Waals surface area contributed by atoms with Crippen molar-refractivity contribution in [2.75, 3.05) is 7.11 Å². The van der Waals surface area contributed by atoms with Crippen molar-refractivity contribution in [3.63, 3.8) is 0 Å². The molecule has 484 valence electrons. The third-order valence-corrected chi connectivity index (χ3v) is 21.0. The predicted molar refractivity (Wildman–Crippen MR) is 398 cm³/mol. The van der Waals surface area contributed by atoms with Crippen molar-refractivity contribution in [1.82, 2.24) is 24.9 Å². The Bertz CT molecular complexity index is 5520. The van der Waals surface area contributed by atoms with E-state index >= 15 is 0 Å². The van der Waals surface area contributed by atoms with Crippen molar-refractivity contribution < 1.29 is 132 Å². The van der Waals surface area contributed by atoms with Gasteiger partial charge in [0, 0.05) is 110 Å². The molecule has 0 fully saturated rings. The number of rotatable bonds is 9. The summed E-state index contributed by atoms with van der Waals surface area (Å²) in [5, 5.41) is 58.9. The van der Waals surface area contributed by atoms with Crippen LogP contribution < -0.4 is 4.74 Å². The van der Waals surface area contributed by atoms with E-state index < -0.39 is 5.82 Å². The number of fused-ring (bicyclic) bond motifs is 7. The van der Waals surface area contributed by atoms with E-state index in [0.29, 0.717) is 22.1 Å². The Morgan fingerprint density at radius 2 is 0.772 bits per heavy atom. The van der Waals surface area contributed by atoms with Gasteiger partial charge in [0.25, 0.3) is 0 Å². The Morgan fingerprint density at radius 3 is 1.28 bits per heavy atom. The van der Waals surface area contributed by atoms with Crippen LogP contribution >= 0.6 is 56.7 Å². The third-order valence-electron chi connectivity index (χ3n) is 15.7. The van der Waals surface area contributed by atoms with Gasteiger partial charge in [-0.25, -0.2) is 29.3 Å². The number of nitrogens with zero attached hydrogens (tertiary/aromatic N) is 5. The van der Waals surface area contributed by atoms with Crippen molar-refractivity contribution in [2.45, 2.75) is 33.1 Å². The maximum Gasteiger partial charge on any atom is 0.129 e. The summed E-state index contributed by atoms with van der Waals surface area (Å²) in [6, 6.07) is 76.7. The van der Waals surface area contributed by atoms with Gasteiger partial charge < -0.3 is 30.3 Å². The smallest absolute Gasteiger partial charge is 0.129 e. The van der Waals surface area contributed by atoms with Crippen LogP contribution in [0.1, 0.15) is 30.9 Å². The molecule has 5 aromatic heterocycles. The Hall–Kier alpha value is -7.54. The quantitative estimate of drug-likeness (QED) is 0.0870. The summed E-state index contributed by atoms with van der Waals surface area (Å²) in [5.74, 6) is 1.19. The van der Waals surface area contributed by atoms with E-state index in [4.69, 9.17) is 4.74 Å². The molecule has 0 atom stereocenters. The molecule has 0 bridgehead atoms. The van der Waals surface area contributed by atoms with E-state index in [0.717, 1.165) is 134 Å². The number of hydrogen-bond donors (Lipinski definition) is 5. The molecule has 5 N–H and O–H groups in total.